The first-order valence-corrected chi connectivity index (χ1v) is 17.2. The van der Waals surface area contributed by atoms with Crippen molar-refractivity contribution >= 4 is 23.9 Å². The maximum Gasteiger partial charge on any atom is 0.309 e. The summed E-state index contributed by atoms with van der Waals surface area (Å²) in [7, 11) is 0. The number of rotatable bonds is 12. The van der Waals surface area contributed by atoms with Crippen LogP contribution in [0.2, 0.25) is 0 Å². The molecule has 3 N–H and O–H groups in total. The van der Waals surface area contributed by atoms with Crippen LogP contribution in [0.25, 0.3) is 0 Å². The van der Waals surface area contributed by atoms with E-state index in [4.69, 9.17) is 33.2 Å². The second-order valence-corrected chi connectivity index (χ2v) is 15.1. The number of aliphatic hydroxyl groups excluding tert-OH is 3. The molecule has 2 saturated carbocycles. The molecule has 14 heteroatoms. The van der Waals surface area contributed by atoms with Gasteiger partial charge in [-0.2, -0.15) is 0 Å². The average Bonchev–Trinajstić information content (AvgIpc) is 3.46. The summed E-state index contributed by atoms with van der Waals surface area (Å²) in [4.78, 5) is 50.1. The van der Waals surface area contributed by atoms with E-state index in [0.717, 1.165) is 0 Å². The van der Waals surface area contributed by atoms with Gasteiger partial charge in [-0.3, -0.25) is 19.2 Å². The van der Waals surface area contributed by atoms with E-state index in [1.165, 1.54) is 20.8 Å². The van der Waals surface area contributed by atoms with Gasteiger partial charge in [0.15, 0.2) is 12.6 Å². The van der Waals surface area contributed by atoms with Crippen molar-refractivity contribution in [2.75, 3.05) is 13.2 Å². The summed E-state index contributed by atoms with van der Waals surface area (Å²) in [6.45, 7) is 10.3. The van der Waals surface area contributed by atoms with Crippen molar-refractivity contribution in [2.45, 2.75) is 148 Å². The van der Waals surface area contributed by atoms with Crippen LogP contribution in [0.5, 0.6) is 0 Å². The van der Waals surface area contributed by atoms with Crippen molar-refractivity contribution in [3.8, 4) is 0 Å². The van der Waals surface area contributed by atoms with Gasteiger partial charge in [0.2, 0.25) is 0 Å². The molecule has 14 unspecified atom stereocenters. The Bertz CT molecular complexity index is 1200. The zero-order valence-electron chi connectivity index (χ0n) is 28.8. The lowest BCUT2D eigenvalue weighted by Crippen LogP contribution is -2.70. The maximum atomic E-state index is 13.3. The van der Waals surface area contributed by atoms with Crippen molar-refractivity contribution in [1.82, 2.24) is 0 Å². The van der Waals surface area contributed by atoms with Gasteiger partial charge in [-0.05, 0) is 51.9 Å². The van der Waals surface area contributed by atoms with Crippen LogP contribution in [-0.4, -0.2) is 107 Å². The summed E-state index contributed by atoms with van der Waals surface area (Å²) in [5, 5.41) is 30.6. The number of epoxide rings is 1. The molecule has 5 rings (SSSR count). The highest BCUT2D eigenvalue weighted by molar-refractivity contribution is 5.74. The van der Waals surface area contributed by atoms with Gasteiger partial charge in [0.1, 0.15) is 30.5 Å². The Hall–Kier alpha value is -2.36. The van der Waals surface area contributed by atoms with E-state index in [2.05, 4.69) is 13.8 Å². The molecule has 14 nitrogen and oxygen atoms in total. The van der Waals surface area contributed by atoms with Crippen LogP contribution >= 0.6 is 0 Å². The molecule has 3 aliphatic heterocycles. The quantitative estimate of drug-likeness (QED) is 0.153. The summed E-state index contributed by atoms with van der Waals surface area (Å²) in [5.74, 6) is -2.75. The largest absolute Gasteiger partial charge is 0.465 e. The summed E-state index contributed by atoms with van der Waals surface area (Å²) in [6, 6.07) is 0. The lowest BCUT2D eigenvalue weighted by molar-refractivity contribution is -0.271. The second-order valence-electron chi connectivity index (χ2n) is 15.1. The summed E-state index contributed by atoms with van der Waals surface area (Å²) >= 11 is 0. The molecule has 3 heterocycles. The van der Waals surface area contributed by atoms with Gasteiger partial charge in [-0.25, -0.2) is 0 Å². The van der Waals surface area contributed by atoms with Crippen LogP contribution in [0.1, 0.15) is 92.9 Å². The molecular formula is C34H52O14. The zero-order chi connectivity index (χ0) is 35.2. The van der Waals surface area contributed by atoms with E-state index in [1.54, 1.807) is 6.92 Å². The van der Waals surface area contributed by atoms with Crippen molar-refractivity contribution in [3.63, 3.8) is 0 Å². The first-order valence-electron chi connectivity index (χ1n) is 17.2. The number of hydrogen-bond acceptors (Lipinski definition) is 14. The molecule has 2 aliphatic carbocycles. The molecule has 0 aromatic carbocycles. The maximum absolute atomic E-state index is 13.3. The highest BCUT2D eigenvalue weighted by Crippen LogP contribution is 2.70. The fourth-order valence-electron chi connectivity index (χ4n) is 9.14. The summed E-state index contributed by atoms with van der Waals surface area (Å²) in [5.41, 5.74) is -2.46. The third kappa shape index (κ3) is 7.25. The first-order chi connectivity index (χ1) is 22.5. The normalized spacial score (nSPS) is 41.8. The molecule has 3 saturated heterocycles. The number of aliphatic hydroxyl groups is 3. The zero-order valence-corrected chi connectivity index (χ0v) is 28.8. The first kappa shape index (κ1) is 36.9. The number of esters is 4. The Labute approximate surface area is 281 Å². The van der Waals surface area contributed by atoms with E-state index < -0.39 is 83.4 Å². The van der Waals surface area contributed by atoms with Crippen molar-refractivity contribution < 1.29 is 67.7 Å². The fraction of sp³-hybridized carbons (Fsp3) is 0.882. The van der Waals surface area contributed by atoms with Crippen molar-refractivity contribution in [1.29, 1.82) is 0 Å². The Morgan fingerprint density at radius 2 is 1.52 bits per heavy atom. The third-order valence-corrected chi connectivity index (χ3v) is 11.5. The van der Waals surface area contributed by atoms with Gasteiger partial charge in [0.05, 0.1) is 49.6 Å². The lowest BCUT2D eigenvalue weighted by Gasteiger charge is -2.64. The molecule has 1 spiro atoms. The van der Waals surface area contributed by atoms with E-state index in [9.17, 15) is 34.5 Å². The number of ether oxygens (including phenoxy) is 7. The minimum absolute atomic E-state index is 0.0237. The molecule has 48 heavy (non-hydrogen) atoms. The smallest absolute Gasteiger partial charge is 0.309 e. The number of fused-ring (bicyclic) bond motifs is 3. The second kappa shape index (κ2) is 14.1. The van der Waals surface area contributed by atoms with Crippen LogP contribution in [0.4, 0.5) is 0 Å². The molecule has 14 atom stereocenters. The molecule has 5 fully saturated rings. The third-order valence-electron chi connectivity index (χ3n) is 11.5. The van der Waals surface area contributed by atoms with Gasteiger partial charge in [-0.15, -0.1) is 0 Å². The van der Waals surface area contributed by atoms with Crippen LogP contribution in [0.15, 0.2) is 0 Å². The molecule has 5 aliphatic rings. The number of hydrogen-bond donors (Lipinski definition) is 3. The minimum Gasteiger partial charge on any atom is -0.465 e. The Kier molecular flexibility index (Phi) is 10.8. The Morgan fingerprint density at radius 1 is 0.896 bits per heavy atom. The van der Waals surface area contributed by atoms with Gasteiger partial charge in [-0.1, -0.05) is 13.8 Å². The highest BCUT2D eigenvalue weighted by Gasteiger charge is 2.77. The lowest BCUT2D eigenvalue weighted by atomic mass is 9.42. The predicted octanol–water partition coefficient (Wildman–Crippen LogP) is 1.92. The van der Waals surface area contributed by atoms with Crippen molar-refractivity contribution in [3.05, 3.63) is 0 Å². The molecule has 0 bridgehead atoms. The molecule has 272 valence electrons. The number of carbonyl (C=O) groups is 4. The van der Waals surface area contributed by atoms with Gasteiger partial charge >= 0.3 is 23.9 Å². The highest BCUT2D eigenvalue weighted by atomic mass is 16.7. The van der Waals surface area contributed by atoms with Crippen molar-refractivity contribution in [2.24, 2.45) is 28.6 Å². The fourth-order valence-corrected chi connectivity index (χ4v) is 9.14. The van der Waals surface area contributed by atoms with Gasteiger partial charge in [0, 0.05) is 31.1 Å². The van der Waals surface area contributed by atoms with E-state index in [-0.39, 0.29) is 49.7 Å². The SMILES string of the molecule is CC(=O)OC1CC(C)C(C)(C2CC3CC(O)OC3O2)C2CC(O)CC3(CO3)C12COC(=O)CC(C)OC(=O)CC(C)OC(=O)CC(C)O. The van der Waals surface area contributed by atoms with Gasteiger partial charge < -0.3 is 48.5 Å². The molecular weight excluding hydrogens is 632 g/mol. The summed E-state index contributed by atoms with van der Waals surface area (Å²) < 4.78 is 40.8. The van der Waals surface area contributed by atoms with Gasteiger partial charge in [0.25, 0.3) is 0 Å². The molecule has 0 radical (unpaired) electrons. The Morgan fingerprint density at radius 3 is 2.10 bits per heavy atom. The minimum atomic E-state index is -0.998. The predicted molar refractivity (Wildman–Crippen MR) is 163 cm³/mol. The van der Waals surface area contributed by atoms with Crippen LogP contribution in [-0.2, 0) is 52.3 Å². The molecule has 0 aromatic heterocycles. The van der Waals surface area contributed by atoms with Crippen LogP contribution < -0.4 is 0 Å². The summed E-state index contributed by atoms with van der Waals surface area (Å²) in [6.07, 6.45) is -3.99. The van der Waals surface area contributed by atoms with E-state index in [1.807, 2.05) is 0 Å². The average molecular weight is 685 g/mol. The molecule has 0 amide bonds. The topological polar surface area (TPSA) is 197 Å². The monoisotopic (exact) mass is 684 g/mol. The van der Waals surface area contributed by atoms with Crippen LogP contribution in [0, 0.1) is 28.6 Å². The van der Waals surface area contributed by atoms with E-state index >= 15 is 0 Å². The van der Waals surface area contributed by atoms with Crippen LogP contribution in [0.3, 0.4) is 0 Å². The Balaban J connectivity index is 1.31. The standard InChI is InChI=1S/C34H52O14/c1-17-7-26(46-21(5)36)34(16-42-27(38)9-19(3)45-29(40)10-20(4)44-28(39)8-18(2)35)24(13-23(37)14-33(34)15-43-33)32(17,6)25-11-22-12-30(41)48-31(22)47-25/h17-20,22-26,30-31,35,37,41H,7-16H2,1-6H3. The molecule has 0 aromatic rings. The van der Waals surface area contributed by atoms with E-state index in [0.29, 0.717) is 38.7 Å². The number of carbonyl (C=O) groups excluding carboxylic acids is 4.